The predicted molar refractivity (Wildman–Crippen MR) is 143 cm³/mol. The number of nitrogens with zero attached hydrogens (tertiary/aromatic N) is 3. The van der Waals surface area contributed by atoms with Crippen molar-refractivity contribution in [1.29, 1.82) is 0 Å². The van der Waals surface area contributed by atoms with Crippen molar-refractivity contribution in [3.63, 3.8) is 0 Å². The molecule has 8 nitrogen and oxygen atoms in total. The third-order valence-electron chi connectivity index (χ3n) is 8.50. The number of aryl methyl sites for hydroxylation is 1. The summed E-state index contributed by atoms with van der Waals surface area (Å²) in [7, 11) is 0. The summed E-state index contributed by atoms with van der Waals surface area (Å²) in [4.78, 5) is 34.4. The topological polar surface area (TPSA) is 110 Å². The summed E-state index contributed by atoms with van der Waals surface area (Å²) in [6.45, 7) is 5.95. The normalized spacial score (nSPS) is 21.7. The van der Waals surface area contributed by atoms with Gasteiger partial charge in [-0.3, -0.25) is 9.59 Å². The molecule has 2 saturated carbocycles. The lowest BCUT2D eigenvalue weighted by molar-refractivity contribution is -0.118. The molecule has 0 radical (unpaired) electrons. The van der Waals surface area contributed by atoms with E-state index in [-0.39, 0.29) is 35.1 Å². The van der Waals surface area contributed by atoms with Crippen molar-refractivity contribution in [2.24, 2.45) is 11.3 Å². The number of pyridine rings is 1. The van der Waals surface area contributed by atoms with Gasteiger partial charge in [0.2, 0.25) is 5.91 Å². The monoisotopic (exact) mass is 513 g/mol. The Bertz CT molecular complexity index is 1380. The zero-order valence-electron chi connectivity index (χ0n) is 22.3. The lowest BCUT2D eigenvalue weighted by Gasteiger charge is -2.26. The van der Waals surface area contributed by atoms with Gasteiger partial charge in [0.15, 0.2) is 5.82 Å². The van der Waals surface area contributed by atoms with Crippen LogP contribution in [0.15, 0.2) is 41.1 Å². The molecule has 2 aromatic heterocycles. The second-order valence-electron chi connectivity index (χ2n) is 12.3. The molecule has 0 unspecified atom stereocenters. The highest BCUT2D eigenvalue weighted by Crippen LogP contribution is 2.65. The van der Waals surface area contributed by atoms with Crippen molar-refractivity contribution in [3.05, 3.63) is 59.4 Å². The number of aromatic nitrogens is 3. The van der Waals surface area contributed by atoms with E-state index < -0.39 is 0 Å². The summed E-state index contributed by atoms with van der Waals surface area (Å²) in [5, 5.41) is 10.2. The first kappa shape index (κ1) is 24.8. The van der Waals surface area contributed by atoms with E-state index in [2.05, 4.69) is 44.0 Å². The summed E-state index contributed by atoms with van der Waals surface area (Å²) in [6, 6.07) is 10.2. The maximum Gasteiger partial charge on any atom is 0.315 e. The molecule has 38 heavy (non-hydrogen) atoms. The molecule has 8 heteroatoms. The molecule has 3 aliphatic rings. The zero-order chi connectivity index (χ0) is 26.5. The smallest absolute Gasteiger partial charge is 0.315 e. The summed E-state index contributed by atoms with van der Waals surface area (Å²) in [6.07, 6.45) is 10.3. The van der Waals surface area contributed by atoms with E-state index in [1.54, 1.807) is 6.20 Å². The molecule has 2 N–H and O–H groups in total. The second-order valence-corrected chi connectivity index (χ2v) is 12.3. The minimum absolute atomic E-state index is 0.00173. The van der Waals surface area contributed by atoms with E-state index in [4.69, 9.17) is 4.52 Å². The van der Waals surface area contributed by atoms with Gasteiger partial charge in [0.05, 0.1) is 6.04 Å². The zero-order valence-corrected chi connectivity index (χ0v) is 22.3. The van der Waals surface area contributed by atoms with Crippen LogP contribution in [0.1, 0.15) is 99.4 Å². The fraction of sp³-hybridized carbons (Fsp3) is 0.500. The minimum atomic E-state index is -0.344. The number of hydrogen-bond acceptors (Lipinski definition) is 6. The van der Waals surface area contributed by atoms with E-state index in [1.165, 1.54) is 24.8 Å². The van der Waals surface area contributed by atoms with Crippen LogP contribution in [0.4, 0.5) is 5.82 Å². The maximum absolute atomic E-state index is 13.0. The van der Waals surface area contributed by atoms with Crippen LogP contribution >= 0.6 is 0 Å². The molecule has 2 amide bonds. The summed E-state index contributed by atoms with van der Waals surface area (Å²) in [5.74, 6) is 1.02. The molecule has 2 heterocycles. The van der Waals surface area contributed by atoms with Gasteiger partial charge in [-0.2, -0.15) is 4.98 Å². The Morgan fingerprint density at radius 1 is 1.05 bits per heavy atom. The van der Waals surface area contributed by atoms with Gasteiger partial charge < -0.3 is 15.2 Å². The lowest BCUT2D eigenvalue weighted by Crippen LogP contribution is -2.29. The van der Waals surface area contributed by atoms with E-state index in [0.717, 1.165) is 48.8 Å². The first-order chi connectivity index (χ1) is 18.2. The van der Waals surface area contributed by atoms with Crippen molar-refractivity contribution in [1.82, 2.24) is 20.4 Å². The Morgan fingerprint density at radius 2 is 1.87 bits per heavy atom. The highest BCUT2D eigenvalue weighted by molar-refractivity contribution is 5.95. The van der Waals surface area contributed by atoms with Crippen molar-refractivity contribution < 1.29 is 14.1 Å². The van der Waals surface area contributed by atoms with Crippen LogP contribution in [-0.2, 0) is 16.6 Å². The van der Waals surface area contributed by atoms with Crippen molar-refractivity contribution in [2.45, 2.75) is 83.6 Å². The number of hydrogen-bond donors (Lipinski definition) is 2. The summed E-state index contributed by atoms with van der Waals surface area (Å²) in [5.41, 5.74) is 4.43. The number of anilines is 1. The summed E-state index contributed by atoms with van der Waals surface area (Å²) >= 11 is 0. The number of amides is 2. The Balaban J connectivity index is 1.18. The molecule has 2 fully saturated rings. The average Bonchev–Trinajstić information content (AvgIpc) is 3.51. The Labute approximate surface area is 223 Å². The van der Waals surface area contributed by atoms with Crippen LogP contribution in [-0.4, -0.2) is 26.9 Å². The highest BCUT2D eigenvalue weighted by atomic mass is 16.5. The van der Waals surface area contributed by atoms with E-state index >= 15 is 0 Å². The van der Waals surface area contributed by atoms with E-state index in [9.17, 15) is 9.59 Å². The standard InChI is InChI=1S/C30H35N5O3/c1-29(2,3)28-34-27(38-35-28)26(37)32-23-8-5-4-7-20-15-18(9-10-21(20)23)19-11-14-31-24(16-19)33-25(36)22-17-30(22)12-6-13-30/h9-11,14-16,22-23H,4-8,12-13,17H2,1-3H3,(H,32,37)(H,31,33,36)/t22-,23+/m0/s1. The maximum atomic E-state index is 13.0. The first-order valence-corrected chi connectivity index (χ1v) is 13.8. The van der Waals surface area contributed by atoms with Gasteiger partial charge in [-0.05, 0) is 78.3 Å². The molecule has 3 aliphatic carbocycles. The van der Waals surface area contributed by atoms with E-state index in [1.807, 2.05) is 32.9 Å². The molecular formula is C30H35N5O3. The minimum Gasteiger partial charge on any atom is -0.341 e. The van der Waals surface area contributed by atoms with Crippen LogP contribution in [0.25, 0.3) is 11.1 Å². The fourth-order valence-electron chi connectivity index (χ4n) is 5.95. The molecule has 2 atom stereocenters. The van der Waals surface area contributed by atoms with Crippen LogP contribution in [0.3, 0.4) is 0 Å². The Morgan fingerprint density at radius 3 is 2.58 bits per heavy atom. The molecule has 3 aromatic rings. The molecule has 6 rings (SSSR count). The van der Waals surface area contributed by atoms with Gasteiger partial charge >= 0.3 is 11.8 Å². The van der Waals surface area contributed by atoms with Crippen LogP contribution in [0.2, 0.25) is 0 Å². The van der Waals surface area contributed by atoms with Crippen LogP contribution < -0.4 is 10.6 Å². The number of nitrogens with one attached hydrogen (secondary N) is 2. The fourth-order valence-corrected chi connectivity index (χ4v) is 5.95. The lowest BCUT2D eigenvalue weighted by atomic mass is 9.80. The quantitative estimate of drug-likeness (QED) is 0.420. The third kappa shape index (κ3) is 4.72. The van der Waals surface area contributed by atoms with Crippen molar-refractivity contribution in [2.75, 3.05) is 5.32 Å². The van der Waals surface area contributed by atoms with Crippen molar-refractivity contribution in [3.8, 4) is 11.1 Å². The van der Waals surface area contributed by atoms with Gasteiger partial charge in [-0.15, -0.1) is 0 Å². The SMILES string of the molecule is CC(C)(C)c1noc(C(=O)N[C@@H]2CCCCc3cc(-c4ccnc(NC(=O)[C@@H]5CC56CCC6)c4)ccc32)n1. The number of carbonyl (C=O) groups excluding carboxylic acids is 2. The number of benzene rings is 1. The summed E-state index contributed by atoms with van der Waals surface area (Å²) < 4.78 is 5.26. The molecule has 0 bridgehead atoms. The molecule has 1 aromatic carbocycles. The van der Waals surface area contributed by atoms with Gasteiger partial charge in [-0.25, -0.2) is 4.98 Å². The van der Waals surface area contributed by atoms with Gasteiger partial charge in [-0.1, -0.05) is 57.0 Å². The van der Waals surface area contributed by atoms with Crippen molar-refractivity contribution >= 4 is 17.6 Å². The molecular weight excluding hydrogens is 478 g/mol. The number of rotatable bonds is 5. The molecule has 1 spiro atoms. The van der Waals surface area contributed by atoms with E-state index in [0.29, 0.717) is 17.1 Å². The molecule has 0 saturated heterocycles. The Hall–Kier alpha value is -3.55. The molecule has 0 aliphatic heterocycles. The highest BCUT2D eigenvalue weighted by Gasteiger charge is 2.60. The third-order valence-corrected chi connectivity index (χ3v) is 8.50. The van der Waals surface area contributed by atoms with Gasteiger partial charge in [0.25, 0.3) is 0 Å². The number of fused-ring (bicyclic) bond motifs is 1. The second kappa shape index (κ2) is 9.33. The van der Waals surface area contributed by atoms with Crippen LogP contribution in [0.5, 0.6) is 0 Å². The first-order valence-electron chi connectivity index (χ1n) is 13.8. The van der Waals surface area contributed by atoms with Gasteiger partial charge in [0, 0.05) is 17.5 Å². The number of carbonyl (C=O) groups is 2. The predicted octanol–water partition coefficient (Wildman–Crippen LogP) is 5.76. The molecule has 198 valence electrons. The average molecular weight is 514 g/mol. The largest absolute Gasteiger partial charge is 0.341 e. The van der Waals surface area contributed by atoms with Gasteiger partial charge in [0.1, 0.15) is 5.82 Å². The Kier molecular flexibility index (Phi) is 6.08. The van der Waals surface area contributed by atoms with Crippen LogP contribution in [0, 0.1) is 11.3 Å².